The van der Waals surface area contributed by atoms with Crippen molar-refractivity contribution in [1.82, 2.24) is 10.2 Å². The zero-order valence-electron chi connectivity index (χ0n) is 12.7. The van der Waals surface area contributed by atoms with Gasteiger partial charge in [0.25, 0.3) is 5.91 Å². The molecule has 1 heterocycles. The molecule has 24 heavy (non-hydrogen) atoms. The molecule has 1 aromatic rings. The first-order valence-corrected chi connectivity index (χ1v) is 6.77. The van der Waals surface area contributed by atoms with Crippen LogP contribution in [0.4, 0.5) is 4.79 Å². The molecule has 8 heteroatoms. The Bertz CT molecular complexity index is 762. The average Bonchev–Trinajstić information content (AvgIpc) is 2.80. The van der Waals surface area contributed by atoms with E-state index in [9.17, 15) is 14.4 Å². The van der Waals surface area contributed by atoms with E-state index in [0.29, 0.717) is 22.0 Å². The quantitative estimate of drug-likeness (QED) is 0.451. The Labute approximate surface area is 137 Å². The Morgan fingerprint density at radius 3 is 2.79 bits per heavy atom. The van der Waals surface area contributed by atoms with Crippen molar-refractivity contribution in [1.29, 1.82) is 0 Å². The largest absolute Gasteiger partial charge is 0.493 e. The number of terminal acetylenes is 1. The van der Waals surface area contributed by atoms with Gasteiger partial charge in [-0.25, -0.2) is 9.69 Å². The van der Waals surface area contributed by atoms with Crippen molar-refractivity contribution >= 4 is 24.0 Å². The fourth-order valence-electron chi connectivity index (χ4n) is 2.03. The number of carboxylic acids is 1. The highest BCUT2D eigenvalue weighted by molar-refractivity contribution is 6.15. The highest BCUT2D eigenvalue weighted by atomic mass is 16.5. The molecular formula is C16H14N2O6. The number of aliphatic carboxylic acids is 1. The molecule has 3 amide bonds. The minimum atomic E-state index is -1.28. The Morgan fingerprint density at radius 1 is 1.42 bits per heavy atom. The second-order valence-corrected chi connectivity index (χ2v) is 4.68. The molecule has 1 aliphatic rings. The molecule has 0 unspecified atom stereocenters. The van der Waals surface area contributed by atoms with Crippen LogP contribution in [0.3, 0.4) is 0 Å². The zero-order valence-corrected chi connectivity index (χ0v) is 12.7. The van der Waals surface area contributed by atoms with Crippen LogP contribution in [-0.4, -0.2) is 48.2 Å². The summed E-state index contributed by atoms with van der Waals surface area (Å²) in [5.41, 5.74) is 0.529. The number of amides is 3. The van der Waals surface area contributed by atoms with Crippen LogP contribution in [0, 0.1) is 12.3 Å². The van der Waals surface area contributed by atoms with Crippen LogP contribution in [0.5, 0.6) is 11.5 Å². The van der Waals surface area contributed by atoms with Crippen molar-refractivity contribution in [3.8, 4) is 23.8 Å². The van der Waals surface area contributed by atoms with Crippen molar-refractivity contribution in [3.63, 3.8) is 0 Å². The summed E-state index contributed by atoms with van der Waals surface area (Å²) in [7, 11) is 1.45. The van der Waals surface area contributed by atoms with Crippen LogP contribution in [0.2, 0.25) is 0 Å². The van der Waals surface area contributed by atoms with Gasteiger partial charge in [0.2, 0.25) is 0 Å². The normalized spacial score (nSPS) is 15.2. The van der Waals surface area contributed by atoms with Gasteiger partial charge in [0.05, 0.1) is 7.11 Å². The molecule has 1 aromatic carbocycles. The van der Waals surface area contributed by atoms with Crippen LogP contribution in [0.15, 0.2) is 23.9 Å². The summed E-state index contributed by atoms with van der Waals surface area (Å²) >= 11 is 0. The lowest BCUT2D eigenvalue weighted by atomic mass is 10.1. The molecule has 1 saturated heterocycles. The van der Waals surface area contributed by atoms with Gasteiger partial charge in [-0.3, -0.25) is 9.59 Å². The molecule has 0 radical (unpaired) electrons. The maximum atomic E-state index is 12.1. The molecular weight excluding hydrogens is 316 g/mol. The smallest absolute Gasteiger partial charge is 0.329 e. The fourth-order valence-corrected chi connectivity index (χ4v) is 2.03. The first-order valence-electron chi connectivity index (χ1n) is 6.77. The predicted molar refractivity (Wildman–Crippen MR) is 83.2 cm³/mol. The summed E-state index contributed by atoms with van der Waals surface area (Å²) in [5, 5.41) is 11.0. The summed E-state index contributed by atoms with van der Waals surface area (Å²) in [4.78, 5) is 35.0. The van der Waals surface area contributed by atoms with Gasteiger partial charge in [-0.1, -0.05) is 12.0 Å². The number of hydrogen-bond donors (Lipinski definition) is 2. The number of nitrogens with zero attached hydrogens (tertiary/aromatic N) is 1. The number of rotatable bonds is 6. The van der Waals surface area contributed by atoms with Crippen molar-refractivity contribution < 1.29 is 29.0 Å². The van der Waals surface area contributed by atoms with Crippen molar-refractivity contribution in [3.05, 3.63) is 29.5 Å². The minimum absolute atomic E-state index is 0.0272. The summed E-state index contributed by atoms with van der Waals surface area (Å²) in [6, 6.07) is 4.06. The zero-order chi connectivity index (χ0) is 17.7. The van der Waals surface area contributed by atoms with E-state index in [4.69, 9.17) is 21.0 Å². The summed E-state index contributed by atoms with van der Waals surface area (Å²) in [5.74, 6) is 1.18. The van der Waals surface area contributed by atoms with Crippen LogP contribution in [-0.2, 0) is 9.59 Å². The summed E-state index contributed by atoms with van der Waals surface area (Å²) in [6.45, 7) is -0.625. The first-order chi connectivity index (χ1) is 11.5. The lowest BCUT2D eigenvalue weighted by molar-refractivity contribution is -0.140. The van der Waals surface area contributed by atoms with Crippen molar-refractivity contribution in [2.75, 3.05) is 20.3 Å². The second-order valence-electron chi connectivity index (χ2n) is 4.68. The molecule has 2 rings (SSSR count). The third-order valence-corrected chi connectivity index (χ3v) is 3.07. The number of ether oxygens (including phenoxy) is 2. The van der Waals surface area contributed by atoms with E-state index in [1.54, 1.807) is 18.2 Å². The number of nitrogens with one attached hydrogen (secondary N) is 1. The third-order valence-electron chi connectivity index (χ3n) is 3.07. The maximum Gasteiger partial charge on any atom is 0.329 e. The van der Waals surface area contributed by atoms with Gasteiger partial charge in [0.1, 0.15) is 18.8 Å². The number of carbonyl (C=O) groups is 3. The molecule has 0 atom stereocenters. The van der Waals surface area contributed by atoms with Crippen molar-refractivity contribution in [2.24, 2.45) is 0 Å². The lowest BCUT2D eigenvalue weighted by Gasteiger charge is -2.09. The van der Waals surface area contributed by atoms with E-state index in [-0.39, 0.29) is 12.3 Å². The highest BCUT2D eigenvalue weighted by Gasteiger charge is 2.34. The Hall–Kier alpha value is -3.47. The van der Waals surface area contributed by atoms with Crippen LogP contribution >= 0.6 is 0 Å². The van der Waals surface area contributed by atoms with Gasteiger partial charge in [-0.15, -0.1) is 6.42 Å². The van der Waals surface area contributed by atoms with Crippen LogP contribution in [0.25, 0.3) is 6.08 Å². The van der Waals surface area contributed by atoms with Gasteiger partial charge in [-0.05, 0) is 23.8 Å². The molecule has 124 valence electrons. The van der Waals surface area contributed by atoms with E-state index in [2.05, 4.69) is 11.2 Å². The van der Waals surface area contributed by atoms with Gasteiger partial charge in [0.15, 0.2) is 11.5 Å². The van der Waals surface area contributed by atoms with Crippen LogP contribution in [0.1, 0.15) is 5.56 Å². The van der Waals surface area contributed by atoms with Crippen molar-refractivity contribution in [2.45, 2.75) is 0 Å². The SMILES string of the molecule is C#CCOc1ccc(/C=C2/NC(=O)N(CC(=O)O)C2=O)cc1OC. The maximum absolute atomic E-state index is 12.1. The van der Waals surface area contributed by atoms with E-state index >= 15 is 0 Å². The first kappa shape index (κ1) is 16.9. The minimum Gasteiger partial charge on any atom is -0.493 e. The fraction of sp³-hybridized carbons (Fsp3) is 0.188. The summed E-state index contributed by atoms with van der Waals surface area (Å²) in [6.07, 6.45) is 6.55. The Morgan fingerprint density at radius 2 is 2.17 bits per heavy atom. The molecule has 0 bridgehead atoms. The van der Waals surface area contributed by atoms with Gasteiger partial charge < -0.3 is 19.9 Å². The molecule has 1 aliphatic heterocycles. The van der Waals surface area contributed by atoms with E-state index in [0.717, 1.165) is 0 Å². The number of carbonyl (C=O) groups excluding carboxylic acids is 2. The molecule has 0 spiro atoms. The number of imide groups is 1. The standard InChI is InChI=1S/C16H14N2O6/c1-3-6-24-12-5-4-10(8-13(12)23-2)7-11-15(21)18(9-14(19)20)16(22)17-11/h1,4-5,7-8H,6,9H2,2H3,(H,17,22)(H,19,20)/b11-7+. The summed E-state index contributed by atoms with van der Waals surface area (Å²) < 4.78 is 10.5. The number of hydrogen-bond acceptors (Lipinski definition) is 5. The molecule has 8 nitrogen and oxygen atoms in total. The lowest BCUT2D eigenvalue weighted by Crippen LogP contribution is -2.35. The van der Waals surface area contributed by atoms with E-state index in [1.165, 1.54) is 13.2 Å². The number of benzene rings is 1. The Kier molecular flexibility index (Phi) is 5.06. The topological polar surface area (TPSA) is 105 Å². The molecule has 2 N–H and O–H groups in total. The average molecular weight is 330 g/mol. The number of urea groups is 1. The highest BCUT2D eigenvalue weighted by Crippen LogP contribution is 2.29. The Balaban J connectivity index is 2.25. The van der Waals surface area contributed by atoms with Gasteiger partial charge in [-0.2, -0.15) is 0 Å². The van der Waals surface area contributed by atoms with Crippen LogP contribution < -0.4 is 14.8 Å². The monoisotopic (exact) mass is 330 g/mol. The predicted octanol–water partition coefficient (Wildman–Crippen LogP) is 0.684. The molecule has 0 aromatic heterocycles. The molecule has 0 aliphatic carbocycles. The molecule has 1 fully saturated rings. The second kappa shape index (κ2) is 7.19. The third kappa shape index (κ3) is 3.64. The van der Waals surface area contributed by atoms with E-state index in [1.807, 2.05) is 0 Å². The van der Waals surface area contributed by atoms with E-state index < -0.39 is 24.5 Å². The van der Waals surface area contributed by atoms with Gasteiger partial charge >= 0.3 is 12.0 Å². The molecule has 0 saturated carbocycles. The number of methoxy groups -OCH3 is 1. The number of carboxylic acid groups (broad SMARTS) is 1. The van der Waals surface area contributed by atoms with Gasteiger partial charge in [0, 0.05) is 0 Å².